The number of sulfone groups is 1. The Balaban J connectivity index is 2.93. The first-order valence-corrected chi connectivity index (χ1v) is 8.76. The highest BCUT2D eigenvalue weighted by Gasteiger charge is 2.43. The minimum absolute atomic E-state index is 0.0557. The van der Waals surface area contributed by atoms with Crippen molar-refractivity contribution in [3.63, 3.8) is 0 Å². The van der Waals surface area contributed by atoms with Crippen molar-refractivity contribution in [1.82, 2.24) is 8.61 Å². The highest BCUT2D eigenvalue weighted by molar-refractivity contribution is 7.93. The van der Waals surface area contributed by atoms with E-state index in [0.717, 1.165) is 4.31 Å². The van der Waals surface area contributed by atoms with Crippen LogP contribution in [0.4, 0.5) is 0 Å². The smallest absolute Gasteiger partial charge is 0.228 e. The molecule has 1 aliphatic rings. The molecule has 0 bridgehead atoms. The average Bonchev–Trinajstić information content (AvgIpc) is 2.64. The van der Waals surface area contributed by atoms with E-state index in [9.17, 15) is 16.8 Å². The monoisotopic (exact) mass is 298 g/mol. The van der Waals surface area contributed by atoms with Crippen LogP contribution in [0.2, 0.25) is 0 Å². The quantitative estimate of drug-likeness (QED) is 0.739. The minimum atomic E-state index is -3.51. The van der Waals surface area contributed by atoms with Gasteiger partial charge in [0.1, 0.15) is 0 Å². The lowest BCUT2D eigenvalue weighted by Gasteiger charge is -2.25. The zero-order valence-electron chi connectivity index (χ0n) is 11.5. The fourth-order valence-corrected chi connectivity index (χ4v) is 4.94. The normalized spacial score (nSPS) is 23.8. The van der Waals surface area contributed by atoms with Crippen LogP contribution in [-0.4, -0.2) is 62.6 Å². The molecule has 0 N–H and O–H groups in total. The van der Waals surface area contributed by atoms with E-state index in [1.54, 1.807) is 20.8 Å². The summed E-state index contributed by atoms with van der Waals surface area (Å²) in [5.41, 5.74) is 0. The fraction of sp³-hybridized carbons (Fsp3) is 1.00. The van der Waals surface area contributed by atoms with Gasteiger partial charge in [0.25, 0.3) is 10.2 Å². The molecule has 1 saturated heterocycles. The summed E-state index contributed by atoms with van der Waals surface area (Å²) in [5, 5.41) is -0.604. The van der Waals surface area contributed by atoms with Gasteiger partial charge in [0.05, 0.1) is 10.00 Å². The Morgan fingerprint density at radius 3 is 2.00 bits per heavy atom. The van der Waals surface area contributed by atoms with Crippen molar-refractivity contribution < 1.29 is 16.8 Å². The summed E-state index contributed by atoms with van der Waals surface area (Å²) in [4.78, 5) is 0. The molecule has 108 valence electrons. The van der Waals surface area contributed by atoms with Crippen molar-refractivity contribution in [2.24, 2.45) is 0 Å². The van der Waals surface area contributed by atoms with E-state index in [4.69, 9.17) is 0 Å². The Kier molecular flexibility index (Phi) is 4.18. The molecule has 1 aliphatic heterocycles. The Hall–Kier alpha value is -0.180. The van der Waals surface area contributed by atoms with Crippen LogP contribution in [0.5, 0.6) is 0 Å². The van der Waals surface area contributed by atoms with Crippen LogP contribution >= 0.6 is 0 Å². The predicted octanol–water partition coefficient (Wildman–Crippen LogP) is 0.0804. The standard InChI is InChI=1S/C10H22N2O4S2/c1-10(2,3)17(13,14)9-6-7-12(8-9)18(15,16)11(4)5/h9H,6-8H2,1-5H3/t9-/m1/s1. The maximum absolute atomic E-state index is 12.3. The molecule has 1 heterocycles. The molecule has 6 nitrogen and oxygen atoms in total. The summed E-state index contributed by atoms with van der Waals surface area (Å²) >= 11 is 0. The molecule has 0 saturated carbocycles. The van der Waals surface area contributed by atoms with Crippen LogP contribution in [0.15, 0.2) is 0 Å². The van der Waals surface area contributed by atoms with Crippen LogP contribution in [-0.2, 0) is 20.0 Å². The molecule has 0 aromatic carbocycles. The maximum atomic E-state index is 12.3. The molecule has 0 unspecified atom stereocenters. The first-order chi connectivity index (χ1) is 7.90. The molecule has 0 aliphatic carbocycles. The third kappa shape index (κ3) is 2.71. The lowest BCUT2D eigenvalue weighted by molar-refractivity contribution is 0.421. The summed E-state index contributed by atoms with van der Waals surface area (Å²) < 4.78 is 49.8. The number of rotatable bonds is 3. The van der Waals surface area contributed by atoms with Crippen molar-refractivity contribution in [1.29, 1.82) is 0 Å². The van der Waals surface area contributed by atoms with Crippen molar-refractivity contribution in [3.05, 3.63) is 0 Å². The van der Waals surface area contributed by atoms with Gasteiger partial charge >= 0.3 is 0 Å². The molecule has 1 atom stereocenters. The van der Waals surface area contributed by atoms with E-state index < -0.39 is 30.0 Å². The van der Waals surface area contributed by atoms with Gasteiger partial charge in [-0.2, -0.15) is 17.0 Å². The average molecular weight is 298 g/mol. The molecular formula is C10H22N2O4S2. The van der Waals surface area contributed by atoms with Gasteiger partial charge in [0.15, 0.2) is 9.84 Å². The third-order valence-corrected chi connectivity index (χ3v) is 8.06. The molecule has 18 heavy (non-hydrogen) atoms. The van der Waals surface area contributed by atoms with Crippen LogP contribution in [0, 0.1) is 0 Å². The van der Waals surface area contributed by atoms with Crippen molar-refractivity contribution in [2.75, 3.05) is 27.2 Å². The molecular weight excluding hydrogens is 276 g/mol. The van der Waals surface area contributed by atoms with Gasteiger partial charge in [-0.05, 0) is 27.2 Å². The zero-order valence-corrected chi connectivity index (χ0v) is 13.2. The van der Waals surface area contributed by atoms with Crippen molar-refractivity contribution in [3.8, 4) is 0 Å². The lowest BCUT2D eigenvalue weighted by atomic mass is 10.3. The highest BCUT2D eigenvalue weighted by atomic mass is 32.2. The SMILES string of the molecule is CN(C)S(=O)(=O)N1CC[C@@H](S(=O)(=O)C(C)(C)C)C1. The predicted molar refractivity (Wildman–Crippen MR) is 71.3 cm³/mol. The second-order valence-corrected chi connectivity index (χ2v) is 10.8. The summed E-state index contributed by atoms with van der Waals surface area (Å²) in [6, 6.07) is 0. The zero-order chi connectivity index (χ0) is 14.4. The van der Waals surface area contributed by atoms with Crippen LogP contribution in [0.1, 0.15) is 27.2 Å². The third-order valence-electron chi connectivity index (χ3n) is 3.19. The van der Waals surface area contributed by atoms with Gasteiger partial charge < -0.3 is 0 Å². The van der Waals surface area contributed by atoms with Crippen molar-refractivity contribution in [2.45, 2.75) is 37.2 Å². The van der Waals surface area contributed by atoms with Crippen LogP contribution in [0.3, 0.4) is 0 Å². The van der Waals surface area contributed by atoms with E-state index in [0.29, 0.717) is 6.42 Å². The Morgan fingerprint density at radius 1 is 1.11 bits per heavy atom. The Bertz CT molecular complexity index is 502. The van der Waals surface area contributed by atoms with Gasteiger partial charge in [-0.15, -0.1) is 0 Å². The molecule has 8 heteroatoms. The molecule has 0 amide bonds. The second-order valence-electron chi connectivity index (χ2n) is 5.72. The summed E-state index contributed by atoms with van der Waals surface area (Å²) in [6.07, 6.45) is 0.368. The van der Waals surface area contributed by atoms with Gasteiger partial charge in [0.2, 0.25) is 0 Å². The minimum Gasteiger partial charge on any atom is -0.228 e. The molecule has 0 aromatic heterocycles. The molecule has 0 aromatic rings. The van der Waals surface area contributed by atoms with E-state index in [2.05, 4.69) is 0 Å². The largest absolute Gasteiger partial charge is 0.281 e. The Labute approximate surface area is 110 Å². The van der Waals surface area contributed by atoms with Gasteiger partial charge in [-0.3, -0.25) is 0 Å². The van der Waals surface area contributed by atoms with E-state index in [1.165, 1.54) is 18.4 Å². The molecule has 1 fully saturated rings. The topological polar surface area (TPSA) is 74.8 Å². The van der Waals surface area contributed by atoms with Crippen LogP contribution in [0.25, 0.3) is 0 Å². The number of hydrogen-bond donors (Lipinski definition) is 0. The van der Waals surface area contributed by atoms with E-state index in [-0.39, 0.29) is 13.1 Å². The van der Waals surface area contributed by atoms with Crippen molar-refractivity contribution >= 4 is 20.0 Å². The van der Waals surface area contributed by atoms with Gasteiger partial charge in [0, 0.05) is 27.2 Å². The second kappa shape index (κ2) is 4.73. The van der Waals surface area contributed by atoms with E-state index in [1.807, 2.05) is 0 Å². The van der Waals surface area contributed by atoms with Gasteiger partial charge in [-0.25, -0.2) is 8.42 Å². The lowest BCUT2D eigenvalue weighted by Crippen LogP contribution is -2.42. The fourth-order valence-electron chi connectivity index (χ4n) is 1.89. The number of nitrogens with zero attached hydrogens (tertiary/aromatic N) is 2. The molecule has 0 radical (unpaired) electrons. The first kappa shape index (κ1) is 15.9. The maximum Gasteiger partial charge on any atom is 0.281 e. The van der Waals surface area contributed by atoms with E-state index >= 15 is 0 Å². The highest BCUT2D eigenvalue weighted by Crippen LogP contribution is 2.28. The van der Waals surface area contributed by atoms with Crippen LogP contribution < -0.4 is 0 Å². The first-order valence-electron chi connectivity index (χ1n) is 5.82. The number of hydrogen-bond acceptors (Lipinski definition) is 4. The summed E-state index contributed by atoms with van der Waals surface area (Å²) in [7, 11) is -3.94. The molecule has 1 rings (SSSR count). The summed E-state index contributed by atoms with van der Waals surface area (Å²) in [5.74, 6) is 0. The Morgan fingerprint density at radius 2 is 1.61 bits per heavy atom. The molecule has 0 spiro atoms. The summed E-state index contributed by atoms with van der Waals surface area (Å²) in [6.45, 7) is 5.25. The van der Waals surface area contributed by atoms with Gasteiger partial charge in [-0.1, -0.05) is 0 Å².